The van der Waals surface area contributed by atoms with Crippen molar-refractivity contribution in [1.82, 2.24) is 15.1 Å². The van der Waals surface area contributed by atoms with Gasteiger partial charge >= 0.3 is 0 Å². The van der Waals surface area contributed by atoms with Gasteiger partial charge in [0.15, 0.2) is 0 Å². The van der Waals surface area contributed by atoms with Gasteiger partial charge in [-0.2, -0.15) is 4.98 Å². The Kier molecular flexibility index (Phi) is 4.84. The second kappa shape index (κ2) is 6.60. The van der Waals surface area contributed by atoms with Gasteiger partial charge in [0, 0.05) is 13.2 Å². The fourth-order valence-corrected chi connectivity index (χ4v) is 1.63. The number of rotatable bonds is 6. The monoisotopic (exact) mass is 283 g/mol. The lowest BCUT2D eigenvalue weighted by molar-refractivity contribution is -0.145. The SMILES string of the molecule is CCOC(OCC)c1noc(-c2cccc(Cl)n2)n1. The Hall–Kier alpha value is -1.50. The van der Waals surface area contributed by atoms with Gasteiger partial charge in [0.2, 0.25) is 12.1 Å². The summed E-state index contributed by atoms with van der Waals surface area (Å²) in [5, 5.41) is 4.20. The third-order valence-corrected chi connectivity index (χ3v) is 2.43. The molecule has 2 heterocycles. The highest BCUT2D eigenvalue weighted by atomic mass is 35.5. The fraction of sp³-hybridized carbons (Fsp3) is 0.417. The van der Waals surface area contributed by atoms with Crippen molar-refractivity contribution >= 4 is 11.6 Å². The number of ether oxygens (including phenoxy) is 2. The van der Waals surface area contributed by atoms with E-state index in [0.29, 0.717) is 29.9 Å². The van der Waals surface area contributed by atoms with Gasteiger partial charge in [-0.15, -0.1) is 0 Å². The maximum Gasteiger partial charge on any atom is 0.276 e. The van der Waals surface area contributed by atoms with Gasteiger partial charge in [-0.25, -0.2) is 4.98 Å². The Labute approximate surface area is 115 Å². The fourth-order valence-electron chi connectivity index (χ4n) is 1.46. The summed E-state index contributed by atoms with van der Waals surface area (Å²) in [5.41, 5.74) is 0.512. The maximum atomic E-state index is 5.81. The summed E-state index contributed by atoms with van der Waals surface area (Å²) in [6, 6.07) is 5.17. The summed E-state index contributed by atoms with van der Waals surface area (Å²) >= 11 is 5.81. The molecule has 0 radical (unpaired) electrons. The Balaban J connectivity index is 2.22. The van der Waals surface area contributed by atoms with Gasteiger partial charge in [0.25, 0.3) is 5.89 Å². The van der Waals surface area contributed by atoms with E-state index in [9.17, 15) is 0 Å². The van der Waals surface area contributed by atoms with Crippen LogP contribution in [0.25, 0.3) is 11.6 Å². The average Bonchev–Trinajstić information content (AvgIpc) is 2.88. The van der Waals surface area contributed by atoms with Crippen molar-refractivity contribution in [2.45, 2.75) is 20.1 Å². The van der Waals surface area contributed by atoms with Crippen LogP contribution in [0.4, 0.5) is 0 Å². The van der Waals surface area contributed by atoms with Gasteiger partial charge in [0.1, 0.15) is 10.8 Å². The van der Waals surface area contributed by atoms with E-state index in [0.717, 1.165) is 0 Å². The predicted octanol–water partition coefficient (Wildman–Crippen LogP) is 2.86. The molecular formula is C12H14ClN3O3. The molecule has 102 valence electrons. The molecule has 0 aromatic carbocycles. The summed E-state index contributed by atoms with van der Waals surface area (Å²) < 4.78 is 15.9. The van der Waals surface area contributed by atoms with E-state index in [1.807, 2.05) is 13.8 Å². The molecule has 0 fully saturated rings. The average molecular weight is 284 g/mol. The standard InChI is InChI=1S/C12H14ClN3O3/c1-3-17-12(18-4-2)10-15-11(19-16-10)8-6-5-7-9(13)14-8/h5-7,12H,3-4H2,1-2H3. The number of hydrogen-bond acceptors (Lipinski definition) is 6. The van der Waals surface area contributed by atoms with Gasteiger partial charge in [-0.1, -0.05) is 22.8 Å². The molecule has 0 saturated carbocycles. The van der Waals surface area contributed by atoms with Crippen LogP contribution in [0, 0.1) is 0 Å². The Morgan fingerprint density at radius 2 is 1.95 bits per heavy atom. The van der Waals surface area contributed by atoms with Crippen LogP contribution in [0.1, 0.15) is 26.0 Å². The van der Waals surface area contributed by atoms with E-state index < -0.39 is 6.29 Å². The molecular weight excluding hydrogens is 270 g/mol. The molecule has 2 aromatic rings. The maximum absolute atomic E-state index is 5.81. The molecule has 0 aliphatic rings. The van der Waals surface area contributed by atoms with Crippen molar-refractivity contribution in [3.63, 3.8) is 0 Å². The summed E-state index contributed by atoms with van der Waals surface area (Å²) in [7, 11) is 0. The molecule has 2 aromatic heterocycles. The van der Waals surface area contributed by atoms with Crippen LogP contribution in [0.2, 0.25) is 5.15 Å². The zero-order chi connectivity index (χ0) is 13.7. The molecule has 0 N–H and O–H groups in total. The van der Waals surface area contributed by atoms with E-state index >= 15 is 0 Å². The molecule has 0 spiro atoms. The van der Waals surface area contributed by atoms with Crippen molar-refractivity contribution in [3.05, 3.63) is 29.2 Å². The molecule has 0 atom stereocenters. The number of hydrogen-bond donors (Lipinski definition) is 0. The van der Waals surface area contributed by atoms with Crippen molar-refractivity contribution < 1.29 is 14.0 Å². The molecule has 0 aliphatic heterocycles. The molecule has 19 heavy (non-hydrogen) atoms. The topological polar surface area (TPSA) is 70.3 Å². The van der Waals surface area contributed by atoms with Gasteiger partial charge in [0.05, 0.1) is 0 Å². The molecule has 0 aliphatic carbocycles. The summed E-state index contributed by atoms with van der Waals surface area (Å²) in [4.78, 5) is 8.31. The lowest BCUT2D eigenvalue weighted by atomic mass is 10.3. The van der Waals surface area contributed by atoms with E-state index in [4.69, 9.17) is 25.6 Å². The first-order valence-electron chi connectivity index (χ1n) is 5.94. The first-order chi connectivity index (χ1) is 9.24. The Morgan fingerprint density at radius 3 is 2.58 bits per heavy atom. The minimum Gasteiger partial charge on any atom is -0.346 e. The normalized spacial score (nSPS) is 11.2. The highest BCUT2D eigenvalue weighted by molar-refractivity contribution is 6.29. The van der Waals surface area contributed by atoms with Gasteiger partial charge < -0.3 is 14.0 Å². The summed E-state index contributed by atoms with van der Waals surface area (Å²) in [6.45, 7) is 4.71. The van der Waals surface area contributed by atoms with Crippen molar-refractivity contribution in [1.29, 1.82) is 0 Å². The van der Waals surface area contributed by atoms with Crippen LogP contribution < -0.4 is 0 Å². The highest BCUT2D eigenvalue weighted by Crippen LogP contribution is 2.21. The van der Waals surface area contributed by atoms with Crippen molar-refractivity contribution in [3.8, 4) is 11.6 Å². The Bertz CT molecular complexity index is 526. The van der Waals surface area contributed by atoms with E-state index in [1.54, 1.807) is 18.2 Å². The van der Waals surface area contributed by atoms with Gasteiger partial charge in [-0.3, -0.25) is 0 Å². The number of pyridine rings is 1. The smallest absolute Gasteiger partial charge is 0.276 e. The molecule has 0 saturated heterocycles. The zero-order valence-electron chi connectivity index (χ0n) is 10.7. The Morgan fingerprint density at radius 1 is 1.21 bits per heavy atom. The van der Waals surface area contributed by atoms with Crippen molar-refractivity contribution in [2.24, 2.45) is 0 Å². The minimum atomic E-state index is -0.633. The minimum absolute atomic E-state index is 0.280. The number of halogens is 1. The van der Waals surface area contributed by atoms with Crippen LogP contribution >= 0.6 is 11.6 Å². The third-order valence-electron chi connectivity index (χ3n) is 2.22. The van der Waals surface area contributed by atoms with Crippen LogP contribution in [0.5, 0.6) is 0 Å². The first-order valence-corrected chi connectivity index (χ1v) is 6.32. The lowest BCUT2D eigenvalue weighted by Gasteiger charge is -2.11. The van der Waals surface area contributed by atoms with Crippen molar-refractivity contribution in [2.75, 3.05) is 13.2 Å². The zero-order valence-corrected chi connectivity index (χ0v) is 11.4. The molecule has 6 nitrogen and oxygen atoms in total. The van der Waals surface area contributed by atoms with E-state index in [1.165, 1.54) is 0 Å². The number of nitrogens with zero attached hydrogens (tertiary/aromatic N) is 3. The molecule has 0 bridgehead atoms. The van der Waals surface area contributed by atoms with Gasteiger partial charge in [-0.05, 0) is 26.0 Å². The molecule has 7 heteroatoms. The highest BCUT2D eigenvalue weighted by Gasteiger charge is 2.20. The van der Waals surface area contributed by atoms with E-state index in [-0.39, 0.29) is 5.89 Å². The quantitative estimate of drug-likeness (QED) is 0.600. The number of aromatic nitrogens is 3. The summed E-state index contributed by atoms with van der Waals surface area (Å²) in [5.74, 6) is 0.613. The largest absolute Gasteiger partial charge is 0.346 e. The third kappa shape index (κ3) is 3.50. The van der Waals surface area contributed by atoms with Crippen LogP contribution in [0.3, 0.4) is 0 Å². The van der Waals surface area contributed by atoms with Crippen LogP contribution in [-0.4, -0.2) is 28.3 Å². The molecule has 0 unspecified atom stereocenters. The van der Waals surface area contributed by atoms with Crippen LogP contribution in [-0.2, 0) is 9.47 Å². The second-order valence-corrected chi connectivity index (χ2v) is 3.93. The first kappa shape index (κ1) is 13.9. The lowest BCUT2D eigenvalue weighted by Crippen LogP contribution is -2.10. The molecule has 2 rings (SSSR count). The van der Waals surface area contributed by atoms with E-state index in [2.05, 4.69) is 15.1 Å². The molecule has 0 amide bonds. The van der Waals surface area contributed by atoms with Crippen LogP contribution in [0.15, 0.2) is 22.7 Å². The second-order valence-electron chi connectivity index (χ2n) is 3.55. The summed E-state index contributed by atoms with van der Waals surface area (Å²) in [6.07, 6.45) is -0.633. The predicted molar refractivity (Wildman–Crippen MR) is 68.5 cm³/mol.